The van der Waals surface area contributed by atoms with Gasteiger partial charge in [0.25, 0.3) is 10.1 Å². The minimum atomic E-state index is -4.01. The summed E-state index contributed by atoms with van der Waals surface area (Å²) in [6, 6.07) is 0. The Morgan fingerprint density at radius 1 is 0.964 bits per heavy atom. The van der Waals surface area contributed by atoms with E-state index in [4.69, 9.17) is 4.55 Å². The Kier molecular flexibility index (Phi) is 22.1. The number of amides is 1. The smallest absolute Gasteiger partial charge is 1.00 e. The average molecular weight is 428 g/mol. The van der Waals surface area contributed by atoms with E-state index in [9.17, 15) is 13.2 Å². The van der Waals surface area contributed by atoms with Gasteiger partial charge in [-0.3, -0.25) is 9.35 Å². The zero-order chi connectivity index (χ0) is 20.4. The zero-order valence-corrected chi connectivity index (χ0v) is 21.2. The van der Waals surface area contributed by atoms with Crippen molar-refractivity contribution >= 4 is 16.0 Å². The van der Waals surface area contributed by atoms with E-state index in [0.717, 1.165) is 25.7 Å². The number of rotatable bonds is 18. The third-order valence-corrected chi connectivity index (χ3v) is 5.48. The molecule has 0 saturated heterocycles. The van der Waals surface area contributed by atoms with Crippen LogP contribution in [0.2, 0.25) is 0 Å². The van der Waals surface area contributed by atoms with Gasteiger partial charge >= 0.3 is 29.6 Å². The maximum absolute atomic E-state index is 11.8. The molecule has 0 fully saturated rings. The Hall–Kier alpha value is 0.120. The van der Waals surface area contributed by atoms with E-state index in [1.165, 1.54) is 57.8 Å². The van der Waals surface area contributed by atoms with Crippen molar-refractivity contribution in [3.63, 3.8) is 0 Å². The molecule has 1 atom stereocenters. The standard InChI is InChI=1S/C21H41NO4S.Na.H/c1-3-4-5-6-7-8-9-10-11-12-13-14-15-16-17-20(2)21(23)22-18-19-27(24,25)26;;/h10-11,20H,3-9,12-19H2,1-2H3,(H,22,23)(H,24,25,26);;/q;+1;-1/b11-10-;;. The van der Waals surface area contributed by atoms with Gasteiger partial charge in [0.1, 0.15) is 0 Å². The molecule has 7 heteroatoms. The first-order chi connectivity index (χ1) is 12.9. The summed E-state index contributed by atoms with van der Waals surface area (Å²) in [5.41, 5.74) is 0. The van der Waals surface area contributed by atoms with Crippen LogP contribution in [0.1, 0.15) is 98.7 Å². The molecule has 0 aromatic heterocycles. The summed E-state index contributed by atoms with van der Waals surface area (Å²) in [4.78, 5) is 11.8. The zero-order valence-electron chi connectivity index (χ0n) is 19.4. The summed E-state index contributed by atoms with van der Waals surface area (Å²) in [7, 11) is -4.01. The predicted molar refractivity (Wildman–Crippen MR) is 115 cm³/mol. The van der Waals surface area contributed by atoms with Crippen LogP contribution in [0.3, 0.4) is 0 Å². The molecule has 5 nitrogen and oxygen atoms in total. The number of allylic oxidation sites excluding steroid dienone is 2. The van der Waals surface area contributed by atoms with Crippen molar-refractivity contribution in [1.29, 1.82) is 0 Å². The Morgan fingerprint density at radius 3 is 2.00 bits per heavy atom. The molecule has 162 valence electrons. The summed E-state index contributed by atoms with van der Waals surface area (Å²) in [6.45, 7) is 4.07. The molecule has 1 unspecified atom stereocenters. The summed E-state index contributed by atoms with van der Waals surface area (Å²) in [5, 5.41) is 2.55. The van der Waals surface area contributed by atoms with Crippen LogP contribution in [-0.2, 0) is 14.9 Å². The molecule has 28 heavy (non-hydrogen) atoms. The Morgan fingerprint density at radius 2 is 1.46 bits per heavy atom. The van der Waals surface area contributed by atoms with Gasteiger partial charge in [0.2, 0.25) is 5.91 Å². The second kappa shape index (κ2) is 20.4. The normalized spacial score (nSPS) is 12.7. The van der Waals surface area contributed by atoms with Crippen LogP contribution in [0, 0.1) is 5.92 Å². The van der Waals surface area contributed by atoms with Gasteiger partial charge in [0, 0.05) is 12.5 Å². The molecule has 0 aliphatic rings. The van der Waals surface area contributed by atoms with Crippen LogP contribution < -0.4 is 34.9 Å². The van der Waals surface area contributed by atoms with Crippen molar-refractivity contribution in [3.8, 4) is 0 Å². The van der Waals surface area contributed by atoms with Crippen LogP contribution in [0.5, 0.6) is 0 Å². The third kappa shape index (κ3) is 22.4. The maximum atomic E-state index is 11.8. The van der Waals surface area contributed by atoms with E-state index in [1.807, 2.05) is 6.92 Å². The molecule has 0 heterocycles. The van der Waals surface area contributed by atoms with Gasteiger partial charge in [-0.15, -0.1) is 0 Å². The van der Waals surface area contributed by atoms with Gasteiger partial charge in [-0.1, -0.05) is 77.4 Å². The fourth-order valence-electron chi connectivity index (χ4n) is 2.95. The van der Waals surface area contributed by atoms with Crippen LogP contribution in [0.25, 0.3) is 0 Å². The predicted octanol–water partition coefficient (Wildman–Crippen LogP) is 2.39. The fraction of sp³-hybridized carbons (Fsp3) is 0.857. The van der Waals surface area contributed by atoms with Crippen LogP contribution in [0.15, 0.2) is 12.2 Å². The molecule has 0 rings (SSSR count). The van der Waals surface area contributed by atoms with Crippen molar-refractivity contribution in [2.75, 3.05) is 12.3 Å². The number of nitrogens with one attached hydrogen (secondary N) is 1. The Balaban J connectivity index is -0.00000338. The summed E-state index contributed by atoms with van der Waals surface area (Å²) in [5.74, 6) is -0.697. The molecule has 0 saturated carbocycles. The van der Waals surface area contributed by atoms with Gasteiger partial charge < -0.3 is 6.74 Å². The molecule has 0 aromatic rings. The first-order valence-corrected chi connectivity index (χ1v) is 12.4. The topological polar surface area (TPSA) is 83.5 Å². The van der Waals surface area contributed by atoms with Gasteiger partial charge in [0.15, 0.2) is 0 Å². The quantitative estimate of drug-likeness (QED) is 0.152. The van der Waals surface area contributed by atoms with E-state index >= 15 is 0 Å². The number of carbonyl (C=O) groups is 1. The monoisotopic (exact) mass is 427 g/mol. The van der Waals surface area contributed by atoms with Crippen LogP contribution >= 0.6 is 0 Å². The van der Waals surface area contributed by atoms with Gasteiger partial charge in [-0.25, -0.2) is 0 Å². The number of carbonyl (C=O) groups excluding carboxylic acids is 1. The van der Waals surface area contributed by atoms with Gasteiger partial charge in [0.05, 0.1) is 5.75 Å². The van der Waals surface area contributed by atoms with Crippen LogP contribution in [0.4, 0.5) is 0 Å². The largest absolute Gasteiger partial charge is 1.00 e. The van der Waals surface area contributed by atoms with Crippen molar-refractivity contribution in [3.05, 3.63) is 12.2 Å². The van der Waals surface area contributed by atoms with Gasteiger partial charge in [-0.05, 0) is 32.1 Å². The third-order valence-electron chi connectivity index (χ3n) is 4.76. The van der Waals surface area contributed by atoms with Crippen molar-refractivity contribution in [1.82, 2.24) is 5.32 Å². The first-order valence-electron chi connectivity index (χ1n) is 10.7. The molecule has 0 aliphatic heterocycles. The Bertz CT molecular complexity index is 501. The minimum absolute atomic E-state index is 0. The second-order valence-corrected chi connectivity index (χ2v) is 9.07. The molecule has 0 aliphatic carbocycles. The summed E-state index contributed by atoms with van der Waals surface area (Å²) < 4.78 is 29.8. The van der Waals surface area contributed by atoms with E-state index < -0.39 is 15.9 Å². The van der Waals surface area contributed by atoms with E-state index in [2.05, 4.69) is 24.4 Å². The van der Waals surface area contributed by atoms with E-state index in [0.29, 0.717) is 0 Å². The molecule has 1 amide bonds. The first kappa shape index (κ1) is 30.3. The number of unbranched alkanes of at least 4 members (excludes halogenated alkanes) is 10. The maximum Gasteiger partial charge on any atom is 1.00 e. The summed E-state index contributed by atoms with van der Waals surface area (Å²) >= 11 is 0. The summed E-state index contributed by atoms with van der Waals surface area (Å²) in [6.07, 6.45) is 20.4. The van der Waals surface area contributed by atoms with Crippen molar-refractivity contribution in [2.45, 2.75) is 97.3 Å². The molecular weight excluding hydrogens is 385 g/mol. The minimum Gasteiger partial charge on any atom is -1.00 e. The van der Waals surface area contributed by atoms with Gasteiger partial charge in [-0.2, -0.15) is 8.42 Å². The van der Waals surface area contributed by atoms with Crippen LogP contribution in [-0.4, -0.2) is 31.2 Å². The van der Waals surface area contributed by atoms with Crippen molar-refractivity contribution < 1.29 is 48.7 Å². The SMILES string of the molecule is CCCCCCCC/C=C\CCCCCCC(C)C(=O)NCCS(=O)(=O)O.[H-].[Na+]. The molecule has 0 spiro atoms. The average Bonchev–Trinajstić information content (AvgIpc) is 2.60. The van der Waals surface area contributed by atoms with E-state index in [-0.39, 0.29) is 49.4 Å². The molecular formula is C21H42NNaO4S. The molecule has 2 N–H and O–H groups in total. The van der Waals surface area contributed by atoms with E-state index in [1.54, 1.807) is 0 Å². The number of hydrogen-bond acceptors (Lipinski definition) is 3. The van der Waals surface area contributed by atoms with Crippen molar-refractivity contribution in [2.24, 2.45) is 5.92 Å². The second-order valence-electron chi connectivity index (χ2n) is 7.50. The molecule has 0 aromatic carbocycles. The molecule has 0 bridgehead atoms. The Labute approximate surface area is 197 Å². The fourth-order valence-corrected chi connectivity index (χ4v) is 3.31. The number of hydrogen-bond donors (Lipinski definition) is 2. The molecule has 0 radical (unpaired) electrons.